The minimum atomic E-state index is -0.00657. The molecule has 1 aromatic rings. The maximum absolute atomic E-state index is 12.6. The van der Waals surface area contributed by atoms with Crippen molar-refractivity contribution in [3.63, 3.8) is 0 Å². The van der Waals surface area contributed by atoms with Crippen LogP contribution in [0.1, 0.15) is 34.6 Å². The van der Waals surface area contributed by atoms with E-state index in [0.717, 1.165) is 49.5 Å². The first-order valence-corrected chi connectivity index (χ1v) is 8.35. The van der Waals surface area contributed by atoms with Gasteiger partial charge in [-0.05, 0) is 32.8 Å². The molecule has 0 spiro atoms. The second-order valence-corrected chi connectivity index (χ2v) is 6.51. The third kappa shape index (κ3) is 3.64. The van der Waals surface area contributed by atoms with Gasteiger partial charge in [0, 0.05) is 43.2 Å². The first kappa shape index (κ1) is 16.2. The average molecular weight is 319 g/mol. The van der Waals surface area contributed by atoms with E-state index in [4.69, 9.17) is 4.74 Å². The van der Waals surface area contributed by atoms with E-state index in [0.29, 0.717) is 19.6 Å². The Balaban J connectivity index is 1.69. The smallest absolute Gasteiger partial charge is 0.234 e. The Bertz CT molecular complexity index is 602. The molecule has 1 aromatic heterocycles. The molecule has 23 heavy (non-hydrogen) atoms. The second-order valence-electron chi connectivity index (χ2n) is 6.51. The van der Waals surface area contributed by atoms with E-state index in [1.165, 1.54) is 0 Å². The Kier molecular flexibility index (Phi) is 4.82. The number of carbonyl (C=O) groups is 2. The molecular formula is C17H25N3O3. The number of hydrogen-bond acceptors (Lipinski definition) is 4. The topological polar surface area (TPSA) is 63.6 Å². The SMILES string of the molecule is Cc1cc(C(=O)CN2CCNC(=O)C2)c(C)n1C[C@@H]1CCCO1. The fourth-order valence-corrected chi connectivity index (χ4v) is 3.47. The summed E-state index contributed by atoms with van der Waals surface area (Å²) in [4.78, 5) is 26.0. The molecule has 2 aliphatic rings. The number of hydrogen-bond donors (Lipinski definition) is 1. The summed E-state index contributed by atoms with van der Waals surface area (Å²) < 4.78 is 7.90. The van der Waals surface area contributed by atoms with E-state index in [1.54, 1.807) is 0 Å². The van der Waals surface area contributed by atoms with Gasteiger partial charge in [-0.25, -0.2) is 0 Å². The molecular weight excluding hydrogens is 294 g/mol. The molecule has 0 radical (unpaired) electrons. The van der Waals surface area contributed by atoms with Gasteiger partial charge in [-0.2, -0.15) is 0 Å². The molecule has 3 rings (SSSR count). The third-order valence-corrected chi connectivity index (χ3v) is 4.77. The van der Waals surface area contributed by atoms with Crippen LogP contribution < -0.4 is 5.32 Å². The number of rotatable bonds is 5. The highest BCUT2D eigenvalue weighted by molar-refractivity contribution is 5.99. The van der Waals surface area contributed by atoms with Crippen LogP contribution in [0.25, 0.3) is 0 Å². The monoisotopic (exact) mass is 319 g/mol. The summed E-state index contributed by atoms with van der Waals surface area (Å²) in [6.45, 7) is 7.64. The van der Waals surface area contributed by atoms with Gasteiger partial charge in [0.15, 0.2) is 5.78 Å². The number of aryl methyl sites for hydroxylation is 1. The minimum Gasteiger partial charge on any atom is -0.376 e. The average Bonchev–Trinajstić information content (AvgIpc) is 3.11. The molecule has 0 bridgehead atoms. The van der Waals surface area contributed by atoms with Crippen molar-refractivity contribution in [1.82, 2.24) is 14.8 Å². The zero-order chi connectivity index (χ0) is 16.4. The number of aromatic nitrogens is 1. The first-order valence-electron chi connectivity index (χ1n) is 8.35. The number of carbonyl (C=O) groups excluding carboxylic acids is 2. The van der Waals surface area contributed by atoms with Gasteiger partial charge in [0.25, 0.3) is 0 Å². The van der Waals surface area contributed by atoms with E-state index >= 15 is 0 Å². The Morgan fingerprint density at radius 1 is 1.43 bits per heavy atom. The third-order valence-electron chi connectivity index (χ3n) is 4.77. The van der Waals surface area contributed by atoms with Gasteiger partial charge in [-0.3, -0.25) is 14.5 Å². The summed E-state index contributed by atoms with van der Waals surface area (Å²) >= 11 is 0. The highest BCUT2D eigenvalue weighted by Gasteiger charge is 2.23. The fourth-order valence-electron chi connectivity index (χ4n) is 3.47. The molecule has 2 fully saturated rings. The van der Waals surface area contributed by atoms with Gasteiger partial charge < -0.3 is 14.6 Å². The van der Waals surface area contributed by atoms with Crippen LogP contribution in [-0.2, 0) is 16.1 Å². The highest BCUT2D eigenvalue weighted by atomic mass is 16.5. The Morgan fingerprint density at radius 3 is 2.96 bits per heavy atom. The van der Waals surface area contributed by atoms with Gasteiger partial charge in [0.1, 0.15) is 0 Å². The molecule has 6 heteroatoms. The van der Waals surface area contributed by atoms with Crippen LogP contribution in [0.15, 0.2) is 6.07 Å². The van der Waals surface area contributed by atoms with Gasteiger partial charge in [0.2, 0.25) is 5.91 Å². The Morgan fingerprint density at radius 2 is 2.26 bits per heavy atom. The molecule has 1 amide bonds. The molecule has 0 aliphatic carbocycles. The normalized spacial score (nSPS) is 22.3. The lowest BCUT2D eigenvalue weighted by Crippen LogP contribution is -2.49. The number of ketones is 1. The van der Waals surface area contributed by atoms with Crippen molar-refractivity contribution in [2.24, 2.45) is 0 Å². The molecule has 2 saturated heterocycles. The lowest BCUT2D eigenvalue weighted by molar-refractivity contribution is -0.123. The van der Waals surface area contributed by atoms with Gasteiger partial charge >= 0.3 is 0 Å². The summed E-state index contributed by atoms with van der Waals surface area (Å²) in [6.07, 6.45) is 2.46. The molecule has 2 aliphatic heterocycles. The lowest BCUT2D eigenvalue weighted by atomic mass is 10.1. The predicted octanol–water partition coefficient (Wildman–Crippen LogP) is 0.898. The minimum absolute atomic E-state index is 0.00657. The molecule has 0 saturated carbocycles. The van der Waals surface area contributed by atoms with Crippen LogP contribution in [-0.4, -0.2) is 60.0 Å². The van der Waals surface area contributed by atoms with Crippen molar-refractivity contribution >= 4 is 11.7 Å². The van der Waals surface area contributed by atoms with Crippen LogP contribution in [0.2, 0.25) is 0 Å². The second kappa shape index (κ2) is 6.84. The molecule has 0 unspecified atom stereocenters. The van der Waals surface area contributed by atoms with Gasteiger partial charge in [0.05, 0.1) is 19.2 Å². The zero-order valence-corrected chi connectivity index (χ0v) is 13.9. The predicted molar refractivity (Wildman–Crippen MR) is 86.7 cm³/mol. The lowest BCUT2D eigenvalue weighted by Gasteiger charge is -2.25. The highest BCUT2D eigenvalue weighted by Crippen LogP contribution is 2.21. The number of nitrogens with one attached hydrogen (secondary N) is 1. The molecule has 1 N–H and O–H groups in total. The zero-order valence-electron chi connectivity index (χ0n) is 13.9. The number of nitrogens with zero attached hydrogens (tertiary/aromatic N) is 2. The summed E-state index contributed by atoms with van der Waals surface area (Å²) in [6, 6.07) is 1.97. The van der Waals surface area contributed by atoms with E-state index in [-0.39, 0.29) is 17.8 Å². The van der Waals surface area contributed by atoms with Crippen molar-refractivity contribution < 1.29 is 14.3 Å². The maximum Gasteiger partial charge on any atom is 0.234 e. The molecule has 0 aromatic carbocycles. The van der Waals surface area contributed by atoms with Crippen molar-refractivity contribution in [3.05, 3.63) is 23.0 Å². The fraction of sp³-hybridized carbons (Fsp3) is 0.647. The number of Topliss-reactive ketones (excluding diaryl/α,β-unsaturated/α-hetero) is 1. The van der Waals surface area contributed by atoms with E-state index in [1.807, 2.05) is 24.8 Å². The molecule has 1 atom stereocenters. The maximum atomic E-state index is 12.6. The van der Waals surface area contributed by atoms with Gasteiger partial charge in [-0.1, -0.05) is 0 Å². The summed E-state index contributed by atoms with van der Waals surface area (Å²) in [5.74, 6) is 0.0827. The van der Waals surface area contributed by atoms with E-state index in [9.17, 15) is 9.59 Å². The quantitative estimate of drug-likeness (QED) is 0.819. The molecule has 6 nitrogen and oxygen atoms in total. The number of piperazine rings is 1. The Hall–Kier alpha value is -1.66. The largest absolute Gasteiger partial charge is 0.376 e. The van der Waals surface area contributed by atoms with Crippen molar-refractivity contribution in [2.75, 3.05) is 32.8 Å². The van der Waals surface area contributed by atoms with Crippen molar-refractivity contribution in [3.8, 4) is 0 Å². The van der Waals surface area contributed by atoms with Crippen LogP contribution in [0, 0.1) is 13.8 Å². The summed E-state index contributed by atoms with van der Waals surface area (Å²) in [5, 5.41) is 2.78. The summed E-state index contributed by atoms with van der Waals surface area (Å²) in [7, 11) is 0. The van der Waals surface area contributed by atoms with Crippen LogP contribution in [0.5, 0.6) is 0 Å². The summed E-state index contributed by atoms with van der Waals surface area (Å²) in [5.41, 5.74) is 2.87. The molecule has 126 valence electrons. The van der Waals surface area contributed by atoms with Crippen LogP contribution in [0.3, 0.4) is 0 Å². The number of ether oxygens (including phenoxy) is 1. The van der Waals surface area contributed by atoms with Crippen LogP contribution >= 0.6 is 0 Å². The van der Waals surface area contributed by atoms with Crippen molar-refractivity contribution in [2.45, 2.75) is 39.3 Å². The van der Waals surface area contributed by atoms with Crippen LogP contribution in [0.4, 0.5) is 0 Å². The standard InChI is InChI=1S/C17H25N3O3/c1-12-8-15(13(2)20(12)9-14-4-3-7-23-14)16(21)10-19-6-5-18-17(22)11-19/h8,14H,3-7,9-11H2,1-2H3,(H,18,22)/t14-/m0/s1. The molecule has 3 heterocycles. The first-order chi connectivity index (χ1) is 11.0. The van der Waals surface area contributed by atoms with E-state index < -0.39 is 0 Å². The Labute approximate surface area is 136 Å². The van der Waals surface area contributed by atoms with Gasteiger partial charge in [-0.15, -0.1) is 0 Å². The van der Waals surface area contributed by atoms with Crippen molar-refractivity contribution in [1.29, 1.82) is 0 Å². The number of amides is 1. The van der Waals surface area contributed by atoms with E-state index in [2.05, 4.69) is 9.88 Å².